The summed E-state index contributed by atoms with van der Waals surface area (Å²) >= 11 is 1.64. The lowest BCUT2D eigenvalue weighted by Crippen LogP contribution is -2.57. The normalized spacial score (nSPS) is 23.0. The van der Waals surface area contributed by atoms with E-state index in [1.165, 1.54) is 11.1 Å². The zero-order valence-corrected chi connectivity index (χ0v) is 20.6. The maximum Gasteiger partial charge on any atom is 0.234 e. The number of thioether (sulfide) groups is 1. The number of carbonyl (C=O) groups is 2. The van der Waals surface area contributed by atoms with Crippen LogP contribution in [0.15, 0.2) is 24.3 Å². The molecule has 4 nitrogen and oxygen atoms in total. The molecular weight excluding hydrogens is 402 g/mol. The SMILES string of the molecule is CC(C)C[C@H](SCc1ccc(C(C)(C)C)cc1)C(=O)N[C@@]1(C)C(=O)CO[C@@H]1C.S. The summed E-state index contributed by atoms with van der Waals surface area (Å²) in [4.78, 5) is 25.2. The molecule has 0 unspecified atom stereocenters. The molecule has 0 radical (unpaired) electrons. The highest BCUT2D eigenvalue weighted by atomic mass is 32.2. The summed E-state index contributed by atoms with van der Waals surface area (Å²) in [6.45, 7) is 14.5. The Bertz CT molecular complexity index is 697. The molecular formula is C23H37NO3S2. The Kier molecular flexibility index (Phi) is 9.31. The Labute approximate surface area is 187 Å². The summed E-state index contributed by atoms with van der Waals surface area (Å²) in [5, 5.41) is 2.80. The van der Waals surface area contributed by atoms with Crippen LogP contribution >= 0.6 is 25.3 Å². The number of ketones is 1. The molecule has 3 atom stereocenters. The quantitative estimate of drug-likeness (QED) is 0.674. The number of nitrogens with one attached hydrogen (secondary N) is 1. The molecule has 29 heavy (non-hydrogen) atoms. The highest BCUT2D eigenvalue weighted by Crippen LogP contribution is 2.28. The fourth-order valence-corrected chi connectivity index (χ4v) is 4.55. The van der Waals surface area contributed by atoms with Gasteiger partial charge in [0.25, 0.3) is 0 Å². The molecule has 0 spiro atoms. The molecule has 1 amide bonds. The van der Waals surface area contributed by atoms with Crippen molar-refractivity contribution >= 4 is 36.9 Å². The van der Waals surface area contributed by atoms with E-state index in [1.54, 1.807) is 18.7 Å². The third-order valence-electron chi connectivity index (χ3n) is 5.49. The summed E-state index contributed by atoms with van der Waals surface area (Å²) in [5.74, 6) is 1.04. The molecule has 1 aliphatic heterocycles. The lowest BCUT2D eigenvalue weighted by Gasteiger charge is -2.30. The van der Waals surface area contributed by atoms with Gasteiger partial charge in [0.15, 0.2) is 5.78 Å². The summed E-state index contributed by atoms with van der Waals surface area (Å²) in [5.41, 5.74) is 1.72. The highest BCUT2D eigenvalue weighted by Gasteiger charge is 2.46. The highest BCUT2D eigenvalue weighted by molar-refractivity contribution is 7.99. The molecule has 0 aromatic heterocycles. The number of ether oxygens (including phenoxy) is 1. The first kappa shape index (κ1) is 26.1. The lowest BCUT2D eigenvalue weighted by molar-refractivity contribution is -0.129. The number of benzene rings is 1. The van der Waals surface area contributed by atoms with Gasteiger partial charge < -0.3 is 10.1 Å². The Morgan fingerprint density at radius 1 is 1.28 bits per heavy atom. The number of hydrogen-bond donors (Lipinski definition) is 1. The zero-order chi connectivity index (χ0) is 21.1. The lowest BCUT2D eigenvalue weighted by atomic mass is 9.87. The first-order valence-corrected chi connectivity index (χ1v) is 11.2. The van der Waals surface area contributed by atoms with Crippen molar-refractivity contribution < 1.29 is 14.3 Å². The number of carbonyl (C=O) groups excluding carboxylic acids is 2. The van der Waals surface area contributed by atoms with Gasteiger partial charge in [0, 0.05) is 5.75 Å². The Balaban J connectivity index is 0.00000420. The van der Waals surface area contributed by atoms with Crippen molar-refractivity contribution in [1.82, 2.24) is 5.32 Å². The predicted octanol–water partition coefficient (Wildman–Crippen LogP) is 4.61. The summed E-state index contributed by atoms with van der Waals surface area (Å²) in [6.07, 6.45) is 0.467. The topological polar surface area (TPSA) is 55.4 Å². The van der Waals surface area contributed by atoms with Crippen LogP contribution < -0.4 is 5.32 Å². The summed E-state index contributed by atoms with van der Waals surface area (Å²) in [7, 11) is 0. The molecule has 1 saturated heterocycles. The second-order valence-corrected chi connectivity index (χ2v) is 10.6. The summed E-state index contributed by atoms with van der Waals surface area (Å²) in [6, 6.07) is 8.64. The van der Waals surface area contributed by atoms with Crippen LogP contribution in [0.3, 0.4) is 0 Å². The molecule has 0 aliphatic carbocycles. The molecule has 1 aromatic rings. The third kappa shape index (κ3) is 6.76. The van der Waals surface area contributed by atoms with E-state index in [0.29, 0.717) is 5.92 Å². The average molecular weight is 440 g/mol. The number of rotatable bonds is 7. The monoisotopic (exact) mass is 439 g/mol. The van der Waals surface area contributed by atoms with Crippen LogP contribution in [0.2, 0.25) is 0 Å². The molecule has 2 rings (SSSR count). The van der Waals surface area contributed by atoms with Crippen molar-refractivity contribution in [3.8, 4) is 0 Å². The van der Waals surface area contributed by atoms with E-state index in [2.05, 4.69) is 64.2 Å². The first-order chi connectivity index (χ1) is 12.9. The Hall–Kier alpha value is -0.980. The average Bonchev–Trinajstić information content (AvgIpc) is 2.85. The minimum absolute atomic E-state index is 0. The van der Waals surface area contributed by atoms with Crippen LogP contribution in [0.5, 0.6) is 0 Å². The van der Waals surface area contributed by atoms with Crippen molar-refractivity contribution in [2.45, 2.75) is 82.9 Å². The van der Waals surface area contributed by atoms with E-state index in [0.717, 1.165) is 12.2 Å². The van der Waals surface area contributed by atoms with Crippen molar-refractivity contribution in [1.29, 1.82) is 0 Å². The van der Waals surface area contributed by atoms with Gasteiger partial charge >= 0.3 is 0 Å². The molecule has 0 bridgehead atoms. The largest absolute Gasteiger partial charge is 0.368 e. The van der Waals surface area contributed by atoms with Gasteiger partial charge in [-0.25, -0.2) is 0 Å². The molecule has 164 valence electrons. The van der Waals surface area contributed by atoms with Gasteiger partial charge in [-0.3, -0.25) is 9.59 Å². The standard InChI is InChI=1S/C23H35NO3S.H2S/c1-15(2)12-19(21(26)24-23(7)16(3)27-13-20(23)25)28-14-17-8-10-18(11-9-17)22(4,5)6;/h8-11,15-16,19H,12-14H2,1-7H3,(H,24,26);1H2/t16-,19+,23-;/m1./s1. The van der Waals surface area contributed by atoms with Gasteiger partial charge in [-0.15, -0.1) is 11.8 Å². The Morgan fingerprint density at radius 3 is 2.31 bits per heavy atom. The van der Waals surface area contributed by atoms with E-state index >= 15 is 0 Å². The summed E-state index contributed by atoms with van der Waals surface area (Å²) < 4.78 is 5.44. The van der Waals surface area contributed by atoms with Crippen LogP contribution in [0.1, 0.15) is 66.0 Å². The second kappa shape index (κ2) is 10.4. The first-order valence-electron chi connectivity index (χ1n) is 10.1. The van der Waals surface area contributed by atoms with E-state index in [9.17, 15) is 9.59 Å². The van der Waals surface area contributed by atoms with E-state index in [4.69, 9.17) is 4.74 Å². The molecule has 1 heterocycles. The smallest absolute Gasteiger partial charge is 0.234 e. The van der Waals surface area contributed by atoms with Crippen LogP contribution in [-0.2, 0) is 25.5 Å². The van der Waals surface area contributed by atoms with Crippen molar-refractivity contribution in [3.63, 3.8) is 0 Å². The predicted molar refractivity (Wildman–Crippen MR) is 127 cm³/mol. The molecule has 1 aliphatic rings. The van der Waals surface area contributed by atoms with Gasteiger partial charge in [0.1, 0.15) is 12.1 Å². The second-order valence-electron chi connectivity index (χ2n) is 9.44. The van der Waals surface area contributed by atoms with Crippen LogP contribution in [0, 0.1) is 5.92 Å². The van der Waals surface area contributed by atoms with Crippen LogP contribution in [-0.4, -0.2) is 35.2 Å². The minimum atomic E-state index is -0.929. The maximum absolute atomic E-state index is 13.0. The number of Topliss-reactive ketones (excluding diaryl/α,β-unsaturated/α-hetero) is 1. The van der Waals surface area contributed by atoms with Gasteiger partial charge in [0.05, 0.1) is 11.4 Å². The maximum atomic E-state index is 13.0. The van der Waals surface area contributed by atoms with Gasteiger partial charge in [-0.1, -0.05) is 58.9 Å². The number of amides is 1. The van der Waals surface area contributed by atoms with Gasteiger partial charge in [-0.2, -0.15) is 13.5 Å². The fraction of sp³-hybridized carbons (Fsp3) is 0.652. The molecule has 1 fully saturated rings. The Morgan fingerprint density at radius 2 is 1.86 bits per heavy atom. The van der Waals surface area contributed by atoms with E-state index < -0.39 is 5.54 Å². The molecule has 1 N–H and O–H groups in total. The van der Waals surface area contributed by atoms with Crippen LogP contribution in [0.25, 0.3) is 0 Å². The number of hydrogen-bond acceptors (Lipinski definition) is 4. The molecule has 0 saturated carbocycles. The van der Waals surface area contributed by atoms with Crippen molar-refractivity contribution in [2.75, 3.05) is 6.61 Å². The van der Waals surface area contributed by atoms with Gasteiger partial charge in [0.2, 0.25) is 5.91 Å². The fourth-order valence-electron chi connectivity index (χ4n) is 3.23. The molecule has 6 heteroatoms. The van der Waals surface area contributed by atoms with E-state index in [-0.39, 0.29) is 48.6 Å². The third-order valence-corrected chi connectivity index (χ3v) is 6.80. The van der Waals surface area contributed by atoms with Crippen molar-refractivity contribution in [2.24, 2.45) is 5.92 Å². The zero-order valence-electron chi connectivity index (χ0n) is 18.8. The van der Waals surface area contributed by atoms with E-state index in [1.807, 2.05) is 6.92 Å². The molecule has 1 aromatic carbocycles. The van der Waals surface area contributed by atoms with Gasteiger partial charge in [-0.05, 0) is 42.7 Å². The van der Waals surface area contributed by atoms with Crippen molar-refractivity contribution in [3.05, 3.63) is 35.4 Å². The minimum Gasteiger partial charge on any atom is -0.368 e. The van der Waals surface area contributed by atoms with Crippen LogP contribution in [0.4, 0.5) is 0 Å².